The standard InChI is InChI=1S/C19H15Cl2N3O2S2/c1-10-11(2)24(7-12-4-3-5-26-12)18-16(10)19(23-9-22-18)27-8-14(25)13-6-15(20)28-17(13)21/h3-6,9H,7-8H2,1-2H3. The molecule has 0 fully saturated rings. The highest BCUT2D eigenvalue weighted by molar-refractivity contribution is 8.00. The number of carbonyl (C=O) groups is 1. The fourth-order valence-electron chi connectivity index (χ4n) is 3.04. The summed E-state index contributed by atoms with van der Waals surface area (Å²) in [6.45, 7) is 4.68. The third-order valence-electron chi connectivity index (χ3n) is 4.56. The highest BCUT2D eigenvalue weighted by atomic mass is 35.5. The van der Waals surface area contributed by atoms with Crippen molar-refractivity contribution in [2.45, 2.75) is 25.4 Å². The van der Waals surface area contributed by atoms with Gasteiger partial charge in [-0.15, -0.1) is 11.3 Å². The van der Waals surface area contributed by atoms with Crippen molar-refractivity contribution < 1.29 is 9.21 Å². The Morgan fingerprint density at radius 3 is 2.82 bits per heavy atom. The van der Waals surface area contributed by atoms with Gasteiger partial charge >= 0.3 is 0 Å². The molecule has 4 heterocycles. The number of thiophene rings is 1. The van der Waals surface area contributed by atoms with Crippen molar-refractivity contribution in [1.29, 1.82) is 0 Å². The van der Waals surface area contributed by atoms with Gasteiger partial charge in [0.15, 0.2) is 5.78 Å². The summed E-state index contributed by atoms with van der Waals surface area (Å²) in [5.74, 6) is 1.00. The van der Waals surface area contributed by atoms with Crippen LogP contribution in [-0.2, 0) is 6.54 Å². The Bertz CT molecular complexity index is 1170. The number of thioether (sulfide) groups is 1. The van der Waals surface area contributed by atoms with E-state index in [-0.39, 0.29) is 11.5 Å². The van der Waals surface area contributed by atoms with Crippen LogP contribution in [0.15, 0.2) is 40.2 Å². The molecule has 0 spiro atoms. The maximum atomic E-state index is 12.5. The van der Waals surface area contributed by atoms with Gasteiger partial charge in [-0.2, -0.15) is 0 Å². The van der Waals surface area contributed by atoms with Crippen LogP contribution in [0.1, 0.15) is 27.4 Å². The zero-order chi connectivity index (χ0) is 19.8. The average molecular weight is 452 g/mol. The molecule has 0 aliphatic rings. The van der Waals surface area contributed by atoms with Gasteiger partial charge in [0, 0.05) is 11.3 Å². The quantitative estimate of drug-likeness (QED) is 0.203. The van der Waals surface area contributed by atoms with E-state index in [0.29, 0.717) is 20.8 Å². The Morgan fingerprint density at radius 1 is 1.32 bits per heavy atom. The second kappa shape index (κ2) is 7.91. The van der Waals surface area contributed by atoms with Crippen molar-refractivity contribution in [3.05, 3.63) is 62.0 Å². The van der Waals surface area contributed by atoms with Crippen LogP contribution >= 0.6 is 46.3 Å². The first-order chi connectivity index (χ1) is 13.5. The Labute approximate surface area is 179 Å². The number of hydrogen-bond donors (Lipinski definition) is 0. The average Bonchev–Trinajstić information content (AvgIpc) is 3.36. The lowest BCUT2D eigenvalue weighted by molar-refractivity contribution is 0.102. The lowest BCUT2D eigenvalue weighted by atomic mass is 10.2. The van der Waals surface area contributed by atoms with Crippen LogP contribution in [-0.4, -0.2) is 26.1 Å². The number of rotatable bonds is 6. The van der Waals surface area contributed by atoms with Crippen molar-refractivity contribution in [2.75, 3.05) is 5.75 Å². The summed E-state index contributed by atoms with van der Waals surface area (Å²) >= 11 is 14.6. The normalized spacial score (nSPS) is 11.4. The van der Waals surface area contributed by atoms with Crippen molar-refractivity contribution in [1.82, 2.24) is 14.5 Å². The molecule has 28 heavy (non-hydrogen) atoms. The molecule has 4 aromatic rings. The van der Waals surface area contributed by atoms with E-state index in [2.05, 4.69) is 14.5 Å². The van der Waals surface area contributed by atoms with E-state index in [1.54, 1.807) is 12.3 Å². The van der Waals surface area contributed by atoms with Crippen molar-refractivity contribution in [3.63, 3.8) is 0 Å². The Kier molecular flexibility index (Phi) is 5.51. The molecule has 0 saturated heterocycles. The van der Waals surface area contributed by atoms with Crippen LogP contribution < -0.4 is 0 Å². The van der Waals surface area contributed by atoms with E-state index >= 15 is 0 Å². The van der Waals surface area contributed by atoms with Gasteiger partial charge in [-0.25, -0.2) is 9.97 Å². The summed E-state index contributed by atoms with van der Waals surface area (Å²) in [5.41, 5.74) is 3.46. The van der Waals surface area contributed by atoms with Crippen LogP contribution in [0.25, 0.3) is 11.0 Å². The van der Waals surface area contributed by atoms with E-state index in [0.717, 1.165) is 33.1 Å². The highest BCUT2D eigenvalue weighted by Gasteiger charge is 2.20. The summed E-state index contributed by atoms with van der Waals surface area (Å²) in [4.78, 5) is 21.4. The zero-order valence-corrected chi connectivity index (χ0v) is 18.2. The maximum Gasteiger partial charge on any atom is 0.175 e. The molecule has 0 N–H and O–H groups in total. The summed E-state index contributed by atoms with van der Waals surface area (Å²) in [7, 11) is 0. The van der Waals surface area contributed by atoms with E-state index in [9.17, 15) is 4.79 Å². The molecule has 0 radical (unpaired) electrons. The first-order valence-corrected chi connectivity index (χ1v) is 10.9. The number of aromatic nitrogens is 3. The molecular weight excluding hydrogens is 437 g/mol. The molecule has 0 aromatic carbocycles. The number of halogens is 2. The number of ketones is 1. The minimum Gasteiger partial charge on any atom is -0.467 e. The van der Waals surface area contributed by atoms with Crippen LogP contribution in [0, 0.1) is 13.8 Å². The number of nitrogens with zero attached hydrogens (tertiary/aromatic N) is 3. The number of Topliss-reactive ketones (excluding diaryl/α,β-unsaturated/α-hetero) is 1. The summed E-state index contributed by atoms with van der Waals surface area (Å²) < 4.78 is 8.51. The zero-order valence-electron chi connectivity index (χ0n) is 15.0. The van der Waals surface area contributed by atoms with E-state index < -0.39 is 0 Å². The second-order valence-electron chi connectivity index (χ2n) is 6.20. The van der Waals surface area contributed by atoms with Crippen LogP contribution in [0.2, 0.25) is 8.67 Å². The van der Waals surface area contributed by atoms with Crippen LogP contribution in [0.5, 0.6) is 0 Å². The van der Waals surface area contributed by atoms with Gasteiger partial charge in [-0.3, -0.25) is 4.79 Å². The minimum absolute atomic E-state index is 0.0747. The monoisotopic (exact) mass is 451 g/mol. The van der Waals surface area contributed by atoms with Gasteiger partial charge in [-0.1, -0.05) is 35.0 Å². The summed E-state index contributed by atoms with van der Waals surface area (Å²) in [6.07, 6.45) is 3.19. The number of carbonyl (C=O) groups excluding carboxylic acids is 1. The molecule has 0 aliphatic heterocycles. The third-order valence-corrected chi connectivity index (χ3v) is 7.04. The lowest BCUT2D eigenvalue weighted by Crippen LogP contribution is -2.03. The van der Waals surface area contributed by atoms with Gasteiger partial charge in [0.05, 0.1) is 28.3 Å². The SMILES string of the molecule is Cc1c(C)n(Cc2ccco2)c2ncnc(SCC(=O)c3cc(Cl)sc3Cl)c12. The fourth-order valence-corrected chi connectivity index (χ4v) is 5.47. The second-order valence-corrected chi connectivity index (χ2v) is 9.45. The number of furan rings is 1. The van der Waals surface area contributed by atoms with E-state index in [1.165, 1.54) is 29.4 Å². The van der Waals surface area contributed by atoms with Crippen molar-refractivity contribution >= 4 is 63.1 Å². The number of hydrogen-bond acceptors (Lipinski definition) is 6. The van der Waals surface area contributed by atoms with Gasteiger partial charge in [0.25, 0.3) is 0 Å². The largest absolute Gasteiger partial charge is 0.467 e. The number of fused-ring (bicyclic) bond motifs is 1. The molecule has 0 saturated carbocycles. The van der Waals surface area contributed by atoms with Gasteiger partial charge in [0.1, 0.15) is 27.1 Å². The lowest BCUT2D eigenvalue weighted by Gasteiger charge is -2.06. The topological polar surface area (TPSA) is 60.9 Å². The Balaban J connectivity index is 1.65. The van der Waals surface area contributed by atoms with Crippen LogP contribution in [0.4, 0.5) is 0 Å². The molecule has 0 amide bonds. The Morgan fingerprint density at radius 2 is 2.14 bits per heavy atom. The summed E-state index contributed by atoms with van der Waals surface area (Å²) in [5, 5.41) is 1.73. The molecule has 0 aliphatic carbocycles. The predicted molar refractivity (Wildman–Crippen MR) is 114 cm³/mol. The fraction of sp³-hybridized carbons (Fsp3) is 0.211. The molecular formula is C19H15Cl2N3O2S2. The minimum atomic E-state index is -0.0747. The number of aryl methyl sites for hydroxylation is 1. The molecule has 5 nitrogen and oxygen atoms in total. The highest BCUT2D eigenvalue weighted by Crippen LogP contribution is 2.35. The van der Waals surface area contributed by atoms with Crippen LogP contribution in [0.3, 0.4) is 0 Å². The predicted octanol–water partition coefficient (Wildman–Crippen LogP) is 6.03. The smallest absolute Gasteiger partial charge is 0.175 e. The molecule has 4 rings (SSSR count). The van der Waals surface area contributed by atoms with E-state index in [4.69, 9.17) is 27.6 Å². The molecule has 0 bridgehead atoms. The van der Waals surface area contributed by atoms with Crippen molar-refractivity contribution in [3.8, 4) is 0 Å². The summed E-state index contributed by atoms with van der Waals surface area (Å²) in [6, 6.07) is 5.42. The third kappa shape index (κ3) is 3.59. The molecule has 144 valence electrons. The molecule has 0 atom stereocenters. The maximum absolute atomic E-state index is 12.5. The van der Waals surface area contributed by atoms with E-state index in [1.807, 2.05) is 26.0 Å². The van der Waals surface area contributed by atoms with Crippen molar-refractivity contribution in [2.24, 2.45) is 0 Å². The van der Waals surface area contributed by atoms with Gasteiger partial charge < -0.3 is 8.98 Å². The molecule has 9 heteroatoms. The van der Waals surface area contributed by atoms with Gasteiger partial charge in [-0.05, 0) is 37.6 Å². The first kappa shape index (κ1) is 19.5. The van der Waals surface area contributed by atoms with Gasteiger partial charge in [0.2, 0.25) is 0 Å². The first-order valence-electron chi connectivity index (χ1n) is 8.39. The Hall–Kier alpha value is -1.80. The molecule has 0 unspecified atom stereocenters. The molecule has 4 aromatic heterocycles.